The van der Waals surface area contributed by atoms with Crippen molar-refractivity contribution in [3.05, 3.63) is 65.7 Å². The van der Waals surface area contributed by atoms with Gasteiger partial charge in [-0.2, -0.15) is 0 Å². The Morgan fingerprint density at radius 3 is 2.66 bits per heavy atom. The number of carbonyl (C=O) groups is 1. The highest BCUT2D eigenvalue weighted by Gasteiger charge is 2.43. The van der Waals surface area contributed by atoms with E-state index in [-0.39, 0.29) is 24.2 Å². The second kappa shape index (κ2) is 10.9. The molecule has 2 aromatic heterocycles. The summed E-state index contributed by atoms with van der Waals surface area (Å²) >= 11 is 5.90. The van der Waals surface area contributed by atoms with Crippen LogP contribution in [0.4, 0.5) is 10.3 Å². The average molecular weight is 539 g/mol. The number of likely N-dealkylation sites (tertiary alicyclic amines) is 1. The summed E-state index contributed by atoms with van der Waals surface area (Å²) in [5, 5.41) is 0.558. The third kappa shape index (κ3) is 5.62. The normalized spacial score (nSPS) is 21.8. The minimum Gasteiger partial charge on any atom is -0.493 e. The molecule has 0 bridgehead atoms. The summed E-state index contributed by atoms with van der Waals surface area (Å²) in [6.45, 7) is 3.80. The minimum absolute atomic E-state index is 0.0553. The number of piperidine rings is 1. The first-order valence-electron chi connectivity index (χ1n) is 13.4. The fourth-order valence-electron chi connectivity index (χ4n) is 5.87. The number of hydrogen-bond donors (Lipinski definition) is 0. The molecule has 200 valence electrons. The summed E-state index contributed by atoms with van der Waals surface area (Å²) in [6.07, 6.45) is 13.3. The number of carbonyl (C=O) groups excluding carboxylic acids is 1. The van der Waals surface area contributed by atoms with E-state index < -0.39 is 0 Å². The van der Waals surface area contributed by atoms with Crippen LogP contribution in [0.5, 0.6) is 5.75 Å². The van der Waals surface area contributed by atoms with Crippen molar-refractivity contribution in [1.29, 1.82) is 0 Å². The fraction of sp³-hybridized carbons (Fsp3) is 0.500. The van der Waals surface area contributed by atoms with Gasteiger partial charge in [0.15, 0.2) is 0 Å². The van der Waals surface area contributed by atoms with Gasteiger partial charge in [-0.1, -0.05) is 17.7 Å². The smallest absolute Gasteiger partial charge is 0.227 e. The topological polar surface area (TPSA) is 76.4 Å². The van der Waals surface area contributed by atoms with Gasteiger partial charge in [-0.3, -0.25) is 4.79 Å². The maximum absolute atomic E-state index is 14.7. The predicted octanol–water partition coefficient (Wildman–Crippen LogP) is 4.41. The number of anilines is 1. The SMILES string of the molecule is O=C(Cc1ccc(OCC[C@@H]2C[C@@H]2C2CCN(c3ncc(Cl)cn3)CC2)cc1F)N1CC(n2ccnc2)C1. The molecule has 1 aliphatic carbocycles. The van der Waals surface area contributed by atoms with E-state index in [2.05, 4.69) is 19.9 Å². The van der Waals surface area contributed by atoms with Crippen molar-refractivity contribution >= 4 is 23.5 Å². The van der Waals surface area contributed by atoms with Crippen LogP contribution in [0.2, 0.25) is 5.02 Å². The quantitative estimate of drug-likeness (QED) is 0.401. The van der Waals surface area contributed by atoms with E-state index in [0.29, 0.717) is 41.9 Å². The van der Waals surface area contributed by atoms with Crippen molar-refractivity contribution in [3.8, 4) is 5.75 Å². The third-order valence-corrected chi connectivity index (χ3v) is 8.49. The molecule has 2 aliphatic heterocycles. The Bertz CT molecular complexity index is 1240. The van der Waals surface area contributed by atoms with Gasteiger partial charge < -0.3 is 19.1 Å². The Morgan fingerprint density at radius 1 is 1.16 bits per heavy atom. The van der Waals surface area contributed by atoms with Crippen molar-refractivity contribution in [1.82, 2.24) is 24.4 Å². The van der Waals surface area contributed by atoms with Crippen LogP contribution < -0.4 is 9.64 Å². The first-order chi connectivity index (χ1) is 18.5. The molecular formula is C28H32ClFN6O2. The molecule has 1 aromatic carbocycles. The second-order valence-corrected chi connectivity index (χ2v) is 11.2. The first-order valence-corrected chi connectivity index (χ1v) is 13.8. The molecule has 3 fully saturated rings. The Balaban J connectivity index is 0.900. The van der Waals surface area contributed by atoms with Crippen molar-refractivity contribution < 1.29 is 13.9 Å². The molecule has 2 atom stereocenters. The van der Waals surface area contributed by atoms with E-state index in [1.165, 1.54) is 12.5 Å². The number of imidazole rings is 1. The van der Waals surface area contributed by atoms with E-state index in [9.17, 15) is 9.18 Å². The zero-order valence-electron chi connectivity index (χ0n) is 21.3. The van der Waals surface area contributed by atoms with Crippen LogP contribution >= 0.6 is 11.6 Å². The number of ether oxygens (including phenoxy) is 1. The molecule has 6 rings (SSSR count). The minimum atomic E-state index is -0.386. The summed E-state index contributed by atoms with van der Waals surface area (Å²) in [7, 11) is 0. The van der Waals surface area contributed by atoms with E-state index >= 15 is 0 Å². The lowest BCUT2D eigenvalue weighted by molar-refractivity contribution is -0.136. The van der Waals surface area contributed by atoms with Gasteiger partial charge in [0, 0.05) is 44.6 Å². The van der Waals surface area contributed by atoms with Gasteiger partial charge in [0.25, 0.3) is 0 Å². The molecule has 3 aromatic rings. The molecular weight excluding hydrogens is 507 g/mol. The lowest BCUT2D eigenvalue weighted by Gasteiger charge is -2.39. The number of halogens is 2. The Hall–Kier alpha value is -3.20. The van der Waals surface area contributed by atoms with Crippen molar-refractivity contribution in [3.63, 3.8) is 0 Å². The summed E-state index contributed by atoms with van der Waals surface area (Å²) in [5.74, 6) is 3.02. The van der Waals surface area contributed by atoms with Gasteiger partial charge in [0.05, 0.1) is 42.8 Å². The van der Waals surface area contributed by atoms with E-state index in [0.717, 1.165) is 50.1 Å². The molecule has 10 heteroatoms. The van der Waals surface area contributed by atoms with Gasteiger partial charge in [0.1, 0.15) is 11.6 Å². The van der Waals surface area contributed by atoms with Crippen LogP contribution in [0.25, 0.3) is 0 Å². The highest BCUT2D eigenvalue weighted by molar-refractivity contribution is 6.30. The lowest BCUT2D eigenvalue weighted by Crippen LogP contribution is -2.51. The molecule has 1 amide bonds. The van der Waals surface area contributed by atoms with Crippen LogP contribution in [0, 0.1) is 23.6 Å². The van der Waals surface area contributed by atoms with Crippen LogP contribution in [-0.2, 0) is 11.2 Å². The maximum atomic E-state index is 14.7. The summed E-state index contributed by atoms with van der Waals surface area (Å²) in [4.78, 5) is 29.3. The van der Waals surface area contributed by atoms with E-state index in [1.807, 2.05) is 10.8 Å². The van der Waals surface area contributed by atoms with E-state index in [1.54, 1.807) is 42.0 Å². The highest BCUT2D eigenvalue weighted by atomic mass is 35.5. The highest BCUT2D eigenvalue weighted by Crippen LogP contribution is 2.49. The standard InChI is InChI=1S/C28H32ClFN6O2/c29-22-14-32-28(33-15-22)34-7-3-19(4-8-34)25-11-20(25)5-10-38-24-2-1-21(26(30)13-24)12-27(37)36-16-23(17-36)35-9-6-31-18-35/h1-2,6,9,13-15,18-20,23,25H,3-5,7-8,10-12,16-17H2/t20-,25-/m1/s1. The van der Waals surface area contributed by atoms with Crippen LogP contribution in [-0.4, -0.2) is 63.1 Å². The van der Waals surface area contributed by atoms with Crippen LogP contribution in [0.1, 0.15) is 37.3 Å². The molecule has 38 heavy (non-hydrogen) atoms. The summed E-state index contributed by atoms with van der Waals surface area (Å²) < 4.78 is 22.6. The monoisotopic (exact) mass is 538 g/mol. The second-order valence-electron chi connectivity index (χ2n) is 10.7. The first kappa shape index (κ1) is 25.1. The molecule has 0 N–H and O–H groups in total. The van der Waals surface area contributed by atoms with Gasteiger partial charge in [-0.15, -0.1) is 0 Å². The Kier molecular flexibility index (Phi) is 7.19. The molecule has 0 radical (unpaired) electrons. The fourth-order valence-corrected chi connectivity index (χ4v) is 5.97. The van der Waals surface area contributed by atoms with E-state index in [4.69, 9.17) is 16.3 Å². The number of amides is 1. The lowest BCUT2D eigenvalue weighted by atomic mass is 9.90. The van der Waals surface area contributed by atoms with Crippen molar-refractivity contribution in [2.75, 3.05) is 37.7 Å². The van der Waals surface area contributed by atoms with Gasteiger partial charge in [-0.25, -0.2) is 19.3 Å². The Morgan fingerprint density at radius 2 is 1.95 bits per heavy atom. The van der Waals surface area contributed by atoms with Crippen LogP contribution in [0.3, 0.4) is 0 Å². The number of nitrogens with zero attached hydrogens (tertiary/aromatic N) is 6. The predicted molar refractivity (Wildman–Crippen MR) is 142 cm³/mol. The summed E-state index contributed by atoms with van der Waals surface area (Å²) in [5.41, 5.74) is 0.408. The number of aromatic nitrogens is 4. The van der Waals surface area contributed by atoms with Crippen LogP contribution in [0.15, 0.2) is 49.3 Å². The molecule has 0 spiro atoms. The third-order valence-electron chi connectivity index (χ3n) is 8.30. The number of rotatable bonds is 9. The summed E-state index contributed by atoms with van der Waals surface area (Å²) in [6, 6.07) is 5.11. The van der Waals surface area contributed by atoms with Gasteiger partial charge >= 0.3 is 0 Å². The molecule has 2 saturated heterocycles. The largest absolute Gasteiger partial charge is 0.493 e. The van der Waals surface area contributed by atoms with Gasteiger partial charge in [0.2, 0.25) is 11.9 Å². The molecule has 3 aliphatic rings. The number of hydrogen-bond acceptors (Lipinski definition) is 6. The molecule has 0 unspecified atom stereocenters. The van der Waals surface area contributed by atoms with Gasteiger partial charge in [-0.05, 0) is 55.1 Å². The molecule has 8 nitrogen and oxygen atoms in total. The molecule has 1 saturated carbocycles. The zero-order chi connectivity index (χ0) is 26.1. The number of benzene rings is 1. The molecule has 4 heterocycles. The average Bonchev–Trinajstić information content (AvgIpc) is 3.46. The zero-order valence-corrected chi connectivity index (χ0v) is 22.0. The Labute approximate surface area is 226 Å². The van der Waals surface area contributed by atoms with Crippen molar-refractivity contribution in [2.24, 2.45) is 17.8 Å². The van der Waals surface area contributed by atoms with Crippen molar-refractivity contribution in [2.45, 2.75) is 38.1 Å². The maximum Gasteiger partial charge on any atom is 0.227 e.